The van der Waals surface area contributed by atoms with Gasteiger partial charge in [-0.3, -0.25) is 10.1 Å². The number of benzene rings is 1. The van der Waals surface area contributed by atoms with Gasteiger partial charge in [-0.15, -0.1) is 10.2 Å². The van der Waals surface area contributed by atoms with Gasteiger partial charge in [-0.25, -0.2) is 0 Å². The zero-order valence-corrected chi connectivity index (χ0v) is 17.2. The Hall–Kier alpha value is -3.19. The number of hydrogen-bond donors (Lipinski definition) is 1. The van der Waals surface area contributed by atoms with Crippen LogP contribution in [0.1, 0.15) is 5.76 Å². The second-order valence-electron chi connectivity index (χ2n) is 6.32. The molecule has 1 aliphatic rings. The topological polar surface area (TPSA) is 104 Å². The van der Waals surface area contributed by atoms with E-state index in [1.54, 1.807) is 24.3 Å². The summed E-state index contributed by atoms with van der Waals surface area (Å²) in [6.45, 7) is 2.70. The quantitative estimate of drug-likeness (QED) is 0.473. The molecule has 1 N–H and O–H groups in total. The van der Waals surface area contributed by atoms with Gasteiger partial charge in [0.05, 0.1) is 13.2 Å². The molecule has 1 aromatic carbocycles. The number of ether oxygens (including phenoxy) is 1. The van der Waals surface area contributed by atoms with E-state index in [2.05, 4.69) is 15.5 Å². The van der Waals surface area contributed by atoms with Crippen molar-refractivity contribution < 1.29 is 13.9 Å². The van der Waals surface area contributed by atoms with Crippen molar-refractivity contribution in [3.8, 4) is 17.4 Å². The standard InChI is InChI=1S/C20H16ClN5O3S/c21-15-3-1-13(2-4-15)17-6-5-16(29-17)11-14(12-22)18(27)23-19-24-25-20(30-19)26-7-9-28-10-8-26/h1-6,11H,7-10H2,(H,23,24,27)/b14-11-. The van der Waals surface area contributed by atoms with Gasteiger partial charge in [-0.1, -0.05) is 22.9 Å². The van der Waals surface area contributed by atoms with Crippen LogP contribution in [0, 0.1) is 11.3 Å². The van der Waals surface area contributed by atoms with Gasteiger partial charge < -0.3 is 14.1 Å². The summed E-state index contributed by atoms with van der Waals surface area (Å²) in [5, 5.41) is 21.8. The van der Waals surface area contributed by atoms with Crippen LogP contribution in [0.25, 0.3) is 17.4 Å². The lowest BCUT2D eigenvalue weighted by atomic mass is 10.2. The van der Waals surface area contributed by atoms with E-state index in [1.807, 2.05) is 23.1 Å². The second kappa shape index (κ2) is 9.09. The van der Waals surface area contributed by atoms with Crippen molar-refractivity contribution in [1.29, 1.82) is 5.26 Å². The molecule has 3 aromatic rings. The maximum Gasteiger partial charge on any atom is 0.268 e. The zero-order valence-electron chi connectivity index (χ0n) is 15.7. The fourth-order valence-electron chi connectivity index (χ4n) is 2.80. The highest BCUT2D eigenvalue weighted by Gasteiger charge is 2.18. The number of furan rings is 1. The molecule has 1 saturated heterocycles. The van der Waals surface area contributed by atoms with Gasteiger partial charge in [0.25, 0.3) is 5.91 Å². The van der Waals surface area contributed by atoms with Crippen LogP contribution in [0.3, 0.4) is 0 Å². The summed E-state index contributed by atoms with van der Waals surface area (Å²) in [6.07, 6.45) is 1.39. The van der Waals surface area contributed by atoms with Crippen LogP contribution < -0.4 is 10.2 Å². The molecule has 1 fully saturated rings. The van der Waals surface area contributed by atoms with Crippen molar-refractivity contribution >= 4 is 45.2 Å². The first-order chi connectivity index (χ1) is 14.6. The van der Waals surface area contributed by atoms with Gasteiger partial charge in [0.2, 0.25) is 10.3 Å². The number of morpholine rings is 1. The molecular formula is C20H16ClN5O3S. The normalized spacial score (nSPS) is 14.4. The Bertz CT molecular complexity index is 1110. The molecule has 30 heavy (non-hydrogen) atoms. The van der Waals surface area contributed by atoms with Crippen LogP contribution in [-0.2, 0) is 9.53 Å². The third-order valence-corrected chi connectivity index (χ3v) is 5.48. The lowest BCUT2D eigenvalue weighted by Crippen LogP contribution is -2.36. The predicted octanol–water partition coefficient (Wildman–Crippen LogP) is 3.83. The number of amides is 1. The maximum atomic E-state index is 12.5. The number of carbonyl (C=O) groups excluding carboxylic acids is 1. The Labute approximate surface area is 181 Å². The number of halogens is 1. The summed E-state index contributed by atoms with van der Waals surface area (Å²) in [5.74, 6) is 0.416. The second-order valence-corrected chi connectivity index (χ2v) is 7.71. The van der Waals surface area contributed by atoms with Gasteiger partial charge in [0, 0.05) is 29.8 Å². The molecule has 1 amide bonds. The van der Waals surface area contributed by atoms with Crippen molar-refractivity contribution in [2.24, 2.45) is 0 Å². The van der Waals surface area contributed by atoms with Crippen LogP contribution in [0.4, 0.5) is 10.3 Å². The first kappa shape index (κ1) is 20.1. The van der Waals surface area contributed by atoms with E-state index in [0.717, 1.165) is 18.7 Å². The molecule has 4 rings (SSSR count). The largest absolute Gasteiger partial charge is 0.457 e. The number of aromatic nitrogens is 2. The molecule has 0 radical (unpaired) electrons. The number of carbonyl (C=O) groups is 1. The fraction of sp³-hybridized carbons (Fsp3) is 0.200. The van der Waals surface area contributed by atoms with Gasteiger partial charge in [-0.05, 0) is 36.4 Å². The van der Waals surface area contributed by atoms with Crippen LogP contribution in [0.5, 0.6) is 0 Å². The van der Waals surface area contributed by atoms with E-state index in [0.29, 0.717) is 40.0 Å². The highest BCUT2D eigenvalue weighted by atomic mass is 35.5. The Morgan fingerprint density at radius 1 is 1.20 bits per heavy atom. The summed E-state index contributed by atoms with van der Waals surface area (Å²) < 4.78 is 11.0. The minimum Gasteiger partial charge on any atom is -0.457 e. The molecule has 2 aromatic heterocycles. The average Bonchev–Trinajstić information content (AvgIpc) is 3.43. The van der Waals surface area contributed by atoms with Crippen molar-refractivity contribution in [2.75, 3.05) is 36.5 Å². The monoisotopic (exact) mass is 441 g/mol. The smallest absolute Gasteiger partial charge is 0.268 e. The molecule has 0 unspecified atom stereocenters. The zero-order chi connectivity index (χ0) is 20.9. The van der Waals surface area contributed by atoms with E-state index >= 15 is 0 Å². The Morgan fingerprint density at radius 3 is 2.70 bits per heavy atom. The third kappa shape index (κ3) is 4.68. The molecule has 0 spiro atoms. The molecule has 152 valence electrons. The maximum absolute atomic E-state index is 12.5. The molecule has 3 heterocycles. The summed E-state index contributed by atoms with van der Waals surface area (Å²) >= 11 is 7.15. The first-order valence-electron chi connectivity index (χ1n) is 9.07. The Morgan fingerprint density at radius 2 is 1.97 bits per heavy atom. The van der Waals surface area contributed by atoms with E-state index in [1.165, 1.54) is 17.4 Å². The van der Waals surface area contributed by atoms with Crippen LogP contribution >= 0.6 is 22.9 Å². The van der Waals surface area contributed by atoms with Crippen LogP contribution in [0.2, 0.25) is 5.02 Å². The average molecular weight is 442 g/mol. The lowest BCUT2D eigenvalue weighted by molar-refractivity contribution is -0.112. The SMILES string of the molecule is N#C/C(=C/c1ccc(-c2ccc(Cl)cc2)o1)C(=O)Nc1nnc(N2CCOCC2)s1. The van der Waals surface area contributed by atoms with Crippen LogP contribution in [-0.4, -0.2) is 42.4 Å². The lowest BCUT2D eigenvalue weighted by Gasteiger charge is -2.25. The minimum absolute atomic E-state index is 0.102. The first-order valence-corrected chi connectivity index (χ1v) is 10.3. The van der Waals surface area contributed by atoms with Gasteiger partial charge >= 0.3 is 0 Å². The number of hydrogen-bond acceptors (Lipinski definition) is 8. The fourth-order valence-corrected chi connectivity index (χ4v) is 3.72. The van der Waals surface area contributed by atoms with E-state index in [-0.39, 0.29) is 5.57 Å². The molecule has 0 atom stereocenters. The summed E-state index contributed by atoms with van der Waals surface area (Å²) in [4.78, 5) is 14.5. The highest BCUT2D eigenvalue weighted by molar-refractivity contribution is 7.19. The van der Waals surface area contributed by atoms with Crippen molar-refractivity contribution in [2.45, 2.75) is 0 Å². The molecule has 0 bridgehead atoms. The molecule has 8 nitrogen and oxygen atoms in total. The van der Waals surface area contributed by atoms with E-state index < -0.39 is 5.91 Å². The van der Waals surface area contributed by atoms with Crippen molar-refractivity contribution in [1.82, 2.24) is 10.2 Å². The predicted molar refractivity (Wildman–Crippen MR) is 114 cm³/mol. The molecule has 10 heteroatoms. The van der Waals surface area contributed by atoms with Crippen molar-refractivity contribution in [3.63, 3.8) is 0 Å². The number of nitriles is 1. The highest BCUT2D eigenvalue weighted by Crippen LogP contribution is 2.26. The third-order valence-electron chi connectivity index (χ3n) is 4.32. The minimum atomic E-state index is -0.577. The summed E-state index contributed by atoms with van der Waals surface area (Å²) in [7, 11) is 0. The number of nitrogens with zero attached hydrogens (tertiary/aromatic N) is 4. The number of anilines is 2. The Kier molecular flexibility index (Phi) is 6.09. The van der Waals surface area contributed by atoms with Gasteiger partial charge in [0.1, 0.15) is 23.2 Å². The summed E-state index contributed by atoms with van der Waals surface area (Å²) in [5.41, 5.74) is 0.738. The van der Waals surface area contributed by atoms with Crippen LogP contribution in [0.15, 0.2) is 46.4 Å². The molecule has 1 aliphatic heterocycles. The van der Waals surface area contributed by atoms with Gasteiger partial charge in [0.15, 0.2) is 0 Å². The molecular weight excluding hydrogens is 426 g/mol. The summed E-state index contributed by atoms with van der Waals surface area (Å²) in [6, 6.07) is 12.5. The Balaban J connectivity index is 1.45. The number of rotatable bonds is 5. The van der Waals surface area contributed by atoms with E-state index in [4.69, 9.17) is 20.8 Å². The van der Waals surface area contributed by atoms with Crippen molar-refractivity contribution in [3.05, 3.63) is 52.8 Å². The van der Waals surface area contributed by atoms with E-state index in [9.17, 15) is 10.1 Å². The van der Waals surface area contributed by atoms with Gasteiger partial charge in [-0.2, -0.15) is 5.26 Å². The molecule has 0 aliphatic carbocycles. The molecule has 0 saturated carbocycles. The number of nitrogens with one attached hydrogen (secondary N) is 1.